The maximum atomic E-state index is 6.48. The molecule has 1 aromatic rings. The van der Waals surface area contributed by atoms with Crippen LogP contribution in [0.25, 0.3) is 0 Å². The number of aromatic nitrogens is 2. The summed E-state index contributed by atoms with van der Waals surface area (Å²) >= 11 is 0. The van der Waals surface area contributed by atoms with Crippen molar-refractivity contribution in [2.45, 2.75) is 88.5 Å². The zero-order valence-corrected chi connectivity index (χ0v) is 12.4. The van der Waals surface area contributed by atoms with Crippen LogP contribution in [0.15, 0.2) is 4.52 Å². The number of hydrogen-bond acceptors (Lipinski definition) is 4. The molecule has 112 valence electrons. The molecule has 0 aromatic carbocycles. The second kappa shape index (κ2) is 6.25. The third kappa shape index (κ3) is 3.05. The molecule has 2 saturated carbocycles. The maximum absolute atomic E-state index is 6.48. The topological polar surface area (TPSA) is 64.9 Å². The molecule has 0 saturated heterocycles. The van der Waals surface area contributed by atoms with Gasteiger partial charge in [0.1, 0.15) is 0 Å². The van der Waals surface area contributed by atoms with Crippen molar-refractivity contribution in [3.05, 3.63) is 11.7 Å². The Labute approximate surface area is 121 Å². The molecule has 0 bridgehead atoms. The van der Waals surface area contributed by atoms with Crippen LogP contribution in [-0.4, -0.2) is 10.1 Å². The molecular weight excluding hydrogens is 250 g/mol. The fourth-order valence-electron chi connectivity index (χ4n) is 3.71. The van der Waals surface area contributed by atoms with Gasteiger partial charge in [0.2, 0.25) is 5.89 Å². The average molecular weight is 277 g/mol. The van der Waals surface area contributed by atoms with Gasteiger partial charge in [0.05, 0.1) is 5.54 Å². The summed E-state index contributed by atoms with van der Waals surface area (Å²) in [6.07, 6.45) is 14.7. The molecule has 2 N–H and O–H groups in total. The van der Waals surface area contributed by atoms with Crippen LogP contribution in [0, 0.1) is 0 Å². The summed E-state index contributed by atoms with van der Waals surface area (Å²) in [4.78, 5) is 4.70. The van der Waals surface area contributed by atoms with E-state index in [-0.39, 0.29) is 5.54 Å². The number of rotatable bonds is 2. The van der Waals surface area contributed by atoms with Crippen LogP contribution in [-0.2, 0) is 5.54 Å². The Morgan fingerprint density at radius 1 is 0.900 bits per heavy atom. The van der Waals surface area contributed by atoms with Gasteiger partial charge in [-0.3, -0.25) is 0 Å². The molecule has 0 amide bonds. The zero-order valence-electron chi connectivity index (χ0n) is 12.4. The highest BCUT2D eigenvalue weighted by Crippen LogP contribution is 2.35. The van der Waals surface area contributed by atoms with Crippen molar-refractivity contribution in [2.24, 2.45) is 5.73 Å². The lowest BCUT2D eigenvalue weighted by Gasteiger charge is -2.29. The number of nitrogens with two attached hydrogens (primary N) is 1. The molecule has 3 rings (SSSR count). The van der Waals surface area contributed by atoms with Crippen LogP contribution in [0.4, 0.5) is 0 Å². The number of nitrogens with zero attached hydrogens (tertiary/aromatic N) is 2. The first-order chi connectivity index (χ1) is 9.78. The second-order valence-electron chi connectivity index (χ2n) is 6.72. The van der Waals surface area contributed by atoms with Crippen LogP contribution in [0.5, 0.6) is 0 Å². The average Bonchev–Trinajstić information content (AvgIpc) is 2.89. The summed E-state index contributed by atoms with van der Waals surface area (Å²) in [5.41, 5.74) is 6.13. The minimum absolute atomic E-state index is 0.356. The van der Waals surface area contributed by atoms with Gasteiger partial charge in [0.25, 0.3) is 0 Å². The molecule has 2 fully saturated rings. The van der Waals surface area contributed by atoms with Gasteiger partial charge >= 0.3 is 0 Å². The van der Waals surface area contributed by atoms with Gasteiger partial charge in [-0.1, -0.05) is 56.5 Å². The second-order valence-corrected chi connectivity index (χ2v) is 6.72. The predicted octanol–water partition coefficient (Wildman–Crippen LogP) is 4.02. The Morgan fingerprint density at radius 3 is 2.20 bits per heavy atom. The molecule has 20 heavy (non-hydrogen) atoms. The van der Waals surface area contributed by atoms with E-state index in [0.717, 1.165) is 18.7 Å². The standard InChI is InChI=1S/C16H27N3O/c17-16(11-7-4-8-12-16)15-18-14(19-20-15)13-9-5-2-1-3-6-10-13/h13H,1-12,17H2. The highest BCUT2D eigenvalue weighted by atomic mass is 16.5. The Kier molecular flexibility index (Phi) is 4.39. The summed E-state index contributed by atoms with van der Waals surface area (Å²) in [5.74, 6) is 2.09. The molecule has 0 unspecified atom stereocenters. The van der Waals surface area contributed by atoms with Crippen molar-refractivity contribution >= 4 is 0 Å². The third-order valence-electron chi connectivity index (χ3n) is 5.08. The van der Waals surface area contributed by atoms with E-state index < -0.39 is 0 Å². The highest BCUT2D eigenvalue weighted by molar-refractivity contribution is 5.06. The van der Waals surface area contributed by atoms with Crippen molar-refractivity contribution in [3.8, 4) is 0 Å². The first-order valence-electron chi connectivity index (χ1n) is 8.41. The Bertz CT molecular complexity index is 415. The smallest absolute Gasteiger partial charge is 0.246 e. The molecule has 2 aliphatic carbocycles. The van der Waals surface area contributed by atoms with Crippen LogP contribution >= 0.6 is 0 Å². The summed E-state index contributed by atoms with van der Waals surface area (Å²) in [5, 5.41) is 4.27. The lowest BCUT2D eigenvalue weighted by molar-refractivity contribution is 0.219. The van der Waals surface area contributed by atoms with Gasteiger partial charge in [-0.2, -0.15) is 4.98 Å². The monoisotopic (exact) mass is 277 g/mol. The molecule has 0 atom stereocenters. The van der Waals surface area contributed by atoms with Gasteiger partial charge in [0, 0.05) is 5.92 Å². The molecule has 4 heteroatoms. The zero-order chi connectivity index (χ0) is 13.8. The van der Waals surface area contributed by atoms with Gasteiger partial charge in [-0.15, -0.1) is 0 Å². The first kappa shape index (κ1) is 14.1. The molecule has 0 radical (unpaired) electrons. The Hall–Kier alpha value is -0.900. The molecule has 0 spiro atoms. The van der Waals surface area contributed by atoms with Gasteiger partial charge < -0.3 is 10.3 Å². The minimum Gasteiger partial charge on any atom is -0.337 e. The molecule has 1 aromatic heterocycles. The van der Waals surface area contributed by atoms with E-state index in [0.29, 0.717) is 11.8 Å². The van der Waals surface area contributed by atoms with E-state index >= 15 is 0 Å². The van der Waals surface area contributed by atoms with Crippen LogP contribution in [0.1, 0.15) is 94.7 Å². The van der Waals surface area contributed by atoms with Gasteiger partial charge in [-0.25, -0.2) is 0 Å². The van der Waals surface area contributed by atoms with Crippen molar-refractivity contribution in [3.63, 3.8) is 0 Å². The van der Waals surface area contributed by atoms with Crippen molar-refractivity contribution in [2.75, 3.05) is 0 Å². The molecule has 0 aliphatic heterocycles. The summed E-state index contributed by atoms with van der Waals surface area (Å²) in [6.45, 7) is 0. The SMILES string of the molecule is NC1(c2nc(C3CCCCCCC3)no2)CCCCC1. The highest BCUT2D eigenvalue weighted by Gasteiger charge is 2.35. The van der Waals surface area contributed by atoms with Crippen molar-refractivity contribution in [1.29, 1.82) is 0 Å². The third-order valence-corrected chi connectivity index (χ3v) is 5.08. The van der Waals surface area contributed by atoms with Crippen LogP contribution < -0.4 is 5.73 Å². The van der Waals surface area contributed by atoms with Crippen LogP contribution in [0.2, 0.25) is 0 Å². The van der Waals surface area contributed by atoms with E-state index in [1.165, 1.54) is 64.2 Å². The minimum atomic E-state index is -0.356. The van der Waals surface area contributed by atoms with E-state index in [1.54, 1.807) is 0 Å². The lowest BCUT2D eigenvalue weighted by Crippen LogP contribution is -2.39. The van der Waals surface area contributed by atoms with E-state index in [2.05, 4.69) is 5.16 Å². The maximum Gasteiger partial charge on any atom is 0.246 e. The molecular formula is C16H27N3O. The van der Waals surface area contributed by atoms with Gasteiger partial charge in [-0.05, 0) is 25.7 Å². The lowest BCUT2D eigenvalue weighted by atomic mass is 9.82. The fourth-order valence-corrected chi connectivity index (χ4v) is 3.71. The Balaban J connectivity index is 1.71. The van der Waals surface area contributed by atoms with Gasteiger partial charge in [0.15, 0.2) is 5.82 Å². The fraction of sp³-hybridized carbons (Fsp3) is 0.875. The number of hydrogen-bond donors (Lipinski definition) is 1. The van der Waals surface area contributed by atoms with Crippen LogP contribution in [0.3, 0.4) is 0 Å². The van der Waals surface area contributed by atoms with Crippen molar-refractivity contribution in [1.82, 2.24) is 10.1 Å². The Morgan fingerprint density at radius 2 is 1.50 bits per heavy atom. The normalized spacial score (nSPS) is 25.1. The predicted molar refractivity (Wildman–Crippen MR) is 78.3 cm³/mol. The summed E-state index contributed by atoms with van der Waals surface area (Å²) in [6, 6.07) is 0. The first-order valence-corrected chi connectivity index (χ1v) is 8.41. The molecule has 1 heterocycles. The quantitative estimate of drug-likeness (QED) is 0.886. The summed E-state index contributed by atoms with van der Waals surface area (Å²) < 4.78 is 5.55. The summed E-state index contributed by atoms with van der Waals surface area (Å²) in [7, 11) is 0. The van der Waals surface area contributed by atoms with E-state index in [4.69, 9.17) is 15.2 Å². The molecule has 2 aliphatic rings. The van der Waals surface area contributed by atoms with Crippen molar-refractivity contribution < 1.29 is 4.52 Å². The van der Waals surface area contributed by atoms with E-state index in [9.17, 15) is 0 Å². The van der Waals surface area contributed by atoms with E-state index in [1.807, 2.05) is 0 Å². The molecule has 4 nitrogen and oxygen atoms in total. The largest absolute Gasteiger partial charge is 0.337 e.